The molecule has 1 heteroatoms. The summed E-state index contributed by atoms with van der Waals surface area (Å²) in [5.41, 5.74) is 9.30. The molecule has 1 aromatic rings. The maximum Gasteiger partial charge on any atom is 0.0183 e. The van der Waals surface area contributed by atoms with Crippen molar-refractivity contribution in [2.45, 2.75) is 25.8 Å². The fourth-order valence-corrected chi connectivity index (χ4v) is 3.35. The minimum atomic E-state index is 0.342. The lowest BCUT2D eigenvalue weighted by molar-refractivity contribution is 0.121. The number of hydrogen-bond donors (Lipinski definition) is 1. The molecule has 0 amide bonds. The van der Waals surface area contributed by atoms with Gasteiger partial charge in [0.25, 0.3) is 0 Å². The molecule has 2 aliphatic carbocycles. The van der Waals surface area contributed by atoms with Crippen molar-refractivity contribution in [2.24, 2.45) is 23.5 Å². The summed E-state index contributed by atoms with van der Waals surface area (Å²) in [4.78, 5) is 0. The third-order valence-corrected chi connectivity index (χ3v) is 4.28. The van der Waals surface area contributed by atoms with Crippen LogP contribution in [0.2, 0.25) is 0 Å². The maximum atomic E-state index is 6.26. The van der Waals surface area contributed by atoms with Gasteiger partial charge in [0.2, 0.25) is 0 Å². The Morgan fingerprint density at radius 2 is 1.75 bits per heavy atom. The molecular weight excluding hydrogens is 194 g/mol. The molecule has 0 aromatic heterocycles. The Morgan fingerprint density at radius 1 is 1.06 bits per heavy atom. The van der Waals surface area contributed by atoms with E-state index in [1.54, 1.807) is 5.57 Å². The highest BCUT2D eigenvalue weighted by molar-refractivity contribution is 5.42. The molecule has 0 aliphatic heterocycles. The zero-order valence-corrected chi connectivity index (χ0v) is 9.93. The van der Waals surface area contributed by atoms with Crippen molar-refractivity contribution in [2.75, 3.05) is 0 Å². The monoisotopic (exact) mass is 213 g/mol. The van der Waals surface area contributed by atoms with Crippen LogP contribution in [-0.2, 0) is 0 Å². The Hall–Kier alpha value is -1.08. The van der Waals surface area contributed by atoms with Crippen molar-refractivity contribution in [1.29, 1.82) is 0 Å². The molecule has 4 atom stereocenters. The standard InChI is InChI=1S/C15H19N/c1-9(2)11-8-12-14(11)13(15(12)16)10-6-4-3-5-7-10/h3-9,12-15H,16H2,1-2H3/t12?,13-,14?,15-/m1/s1. The molecule has 1 aromatic carbocycles. The highest BCUT2D eigenvalue weighted by atomic mass is 14.8. The summed E-state index contributed by atoms with van der Waals surface area (Å²) < 4.78 is 0. The fourth-order valence-electron chi connectivity index (χ4n) is 3.35. The SMILES string of the molecule is CC(C)C1=CC2C1[C@@H](c1ccccc1)[C@@H]2N. The molecule has 1 saturated carbocycles. The maximum absolute atomic E-state index is 6.26. The van der Waals surface area contributed by atoms with Crippen molar-refractivity contribution in [3.05, 3.63) is 47.5 Å². The smallest absolute Gasteiger partial charge is 0.0183 e. The second-order valence-corrected chi connectivity index (χ2v) is 5.44. The molecule has 2 N–H and O–H groups in total. The van der Waals surface area contributed by atoms with Gasteiger partial charge >= 0.3 is 0 Å². The Balaban J connectivity index is 1.87. The third-order valence-electron chi connectivity index (χ3n) is 4.28. The van der Waals surface area contributed by atoms with Crippen LogP contribution >= 0.6 is 0 Å². The average Bonchev–Trinajstić information content (AvgIpc) is 2.25. The Labute approximate surface area is 97.4 Å². The van der Waals surface area contributed by atoms with E-state index in [-0.39, 0.29) is 0 Å². The van der Waals surface area contributed by atoms with E-state index in [9.17, 15) is 0 Å². The number of rotatable bonds is 2. The van der Waals surface area contributed by atoms with Gasteiger partial charge < -0.3 is 5.73 Å². The second-order valence-electron chi connectivity index (χ2n) is 5.44. The van der Waals surface area contributed by atoms with Gasteiger partial charge in [0.05, 0.1) is 0 Å². The van der Waals surface area contributed by atoms with Crippen molar-refractivity contribution in [1.82, 2.24) is 0 Å². The van der Waals surface area contributed by atoms with E-state index in [0.717, 1.165) is 5.92 Å². The molecule has 0 spiro atoms. The number of benzene rings is 1. The summed E-state index contributed by atoms with van der Waals surface area (Å²) in [5, 5.41) is 0. The fraction of sp³-hybridized carbons (Fsp3) is 0.467. The molecule has 0 heterocycles. The van der Waals surface area contributed by atoms with E-state index in [2.05, 4.69) is 50.3 Å². The van der Waals surface area contributed by atoms with Gasteiger partial charge in [-0.1, -0.05) is 55.8 Å². The summed E-state index contributed by atoms with van der Waals surface area (Å²) in [6, 6.07) is 11.1. The first-order valence-electron chi connectivity index (χ1n) is 6.22. The normalized spacial score (nSPS) is 36.1. The van der Waals surface area contributed by atoms with Crippen LogP contribution in [0.5, 0.6) is 0 Å². The zero-order valence-electron chi connectivity index (χ0n) is 9.93. The van der Waals surface area contributed by atoms with Crippen LogP contribution in [-0.4, -0.2) is 6.04 Å². The summed E-state index contributed by atoms with van der Waals surface area (Å²) in [7, 11) is 0. The summed E-state index contributed by atoms with van der Waals surface area (Å²) in [6.45, 7) is 4.57. The predicted molar refractivity (Wildman–Crippen MR) is 67.1 cm³/mol. The molecule has 1 nitrogen and oxygen atoms in total. The highest BCUT2D eigenvalue weighted by Crippen LogP contribution is 2.58. The van der Waals surface area contributed by atoms with E-state index < -0.39 is 0 Å². The van der Waals surface area contributed by atoms with E-state index in [0.29, 0.717) is 23.8 Å². The molecule has 3 rings (SSSR count). The van der Waals surface area contributed by atoms with Gasteiger partial charge in [0, 0.05) is 12.0 Å². The summed E-state index contributed by atoms with van der Waals surface area (Å²) in [6.07, 6.45) is 2.40. The van der Waals surface area contributed by atoms with Gasteiger partial charge in [-0.05, 0) is 23.3 Å². The number of allylic oxidation sites excluding steroid dienone is 1. The van der Waals surface area contributed by atoms with Gasteiger partial charge in [-0.15, -0.1) is 0 Å². The molecule has 16 heavy (non-hydrogen) atoms. The molecule has 0 radical (unpaired) electrons. The summed E-state index contributed by atoms with van der Waals surface area (Å²) in [5.74, 6) is 2.63. The zero-order chi connectivity index (χ0) is 11.3. The van der Waals surface area contributed by atoms with Crippen molar-refractivity contribution < 1.29 is 0 Å². The van der Waals surface area contributed by atoms with Crippen LogP contribution in [0, 0.1) is 17.8 Å². The highest BCUT2D eigenvalue weighted by Gasteiger charge is 2.54. The first-order chi connectivity index (χ1) is 7.70. The van der Waals surface area contributed by atoms with Gasteiger partial charge in [0.1, 0.15) is 0 Å². The first kappa shape index (κ1) is 10.1. The van der Waals surface area contributed by atoms with Crippen LogP contribution in [0.1, 0.15) is 25.3 Å². The minimum Gasteiger partial charge on any atom is -0.327 e. The Morgan fingerprint density at radius 3 is 2.38 bits per heavy atom. The Bertz CT molecular complexity index is 418. The molecular formula is C15H19N. The van der Waals surface area contributed by atoms with Crippen molar-refractivity contribution in [3.63, 3.8) is 0 Å². The summed E-state index contributed by atoms with van der Waals surface area (Å²) >= 11 is 0. The van der Waals surface area contributed by atoms with Crippen LogP contribution in [0.15, 0.2) is 42.0 Å². The molecule has 0 saturated heterocycles. The lowest BCUT2D eigenvalue weighted by atomic mass is 9.48. The van der Waals surface area contributed by atoms with E-state index in [1.807, 2.05) is 0 Å². The predicted octanol–water partition coefficient (Wildman–Crippen LogP) is 2.94. The van der Waals surface area contributed by atoms with Gasteiger partial charge in [0.15, 0.2) is 0 Å². The average molecular weight is 213 g/mol. The Kier molecular flexibility index (Phi) is 2.18. The van der Waals surface area contributed by atoms with E-state index >= 15 is 0 Å². The number of nitrogens with two attached hydrogens (primary N) is 1. The lowest BCUT2D eigenvalue weighted by Crippen LogP contribution is -2.59. The molecule has 0 bridgehead atoms. The number of hydrogen-bond acceptors (Lipinski definition) is 1. The molecule has 84 valence electrons. The number of fused-ring (bicyclic) bond motifs is 1. The van der Waals surface area contributed by atoms with Gasteiger partial charge in [-0.25, -0.2) is 0 Å². The largest absolute Gasteiger partial charge is 0.327 e. The topological polar surface area (TPSA) is 26.0 Å². The molecule has 2 aliphatic rings. The lowest BCUT2D eigenvalue weighted by Gasteiger charge is -2.58. The minimum absolute atomic E-state index is 0.342. The van der Waals surface area contributed by atoms with Crippen molar-refractivity contribution >= 4 is 0 Å². The molecule has 1 fully saturated rings. The van der Waals surface area contributed by atoms with E-state index in [4.69, 9.17) is 5.73 Å². The quantitative estimate of drug-likeness (QED) is 0.751. The van der Waals surface area contributed by atoms with E-state index in [1.165, 1.54) is 5.56 Å². The van der Waals surface area contributed by atoms with Gasteiger partial charge in [-0.2, -0.15) is 0 Å². The van der Waals surface area contributed by atoms with Crippen LogP contribution in [0.4, 0.5) is 0 Å². The van der Waals surface area contributed by atoms with Gasteiger partial charge in [-0.3, -0.25) is 0 Å². The second kappa shape index (κ2) is 3.46. The van der Waals surface area contributed by atoms with Crippen LogP contribution in [0.25, 0.3) is 0 Å². The third kappa shape index (κ3) is 1.21. The van der Waals surface area contributed by atoms with Crippen LogP contribution < -0.4 is 5.73 Å². The van der Waals surface area contributed by atoms with Crippen LogP contribution in [0.3, 0.4) is 0 Å². The molecule has 2 unspecified atom stereocenters. The van der Waals surface area contributed by atoms with Crippen molar-refractivity contribution in [3.8, 4) is 0 Å². The first-order valence-corrected chi connectivity index (χ1v) is 6.22.